The Hall–Kier alpha value is -2.45. The normalized spacial score (nSPS) is 14.8. The summed E-state index contributed by atoms with van der Waals surface area (Å²) in [7, 11) is 0. The van der Waals surface area contributed by atoms with Crippen molar-refractivity contribution in [3.8, 4) is 0 Å². The molecule has 3 rings (SSSR count). The molecule has 2 heterocycles. The number of aromatic nitrogens is 1. The van der Waals surface area contributed by atoms with E-state index in [0.717, 1.165) is 31.0 Å². The molecule has 0 aliphatic carbocycles. The fourth-order valence-corrected chi connectivity index (χ4v) is 4.02. The molecular formula is C19H25N4O3S+. The van der Waals surface area contributed by atoms with Gasteiger partial charge in [-0.25, -0.2) is 9.78 Å². The summed E-state index contributed by atoms with van der Waals surface area (Å²) in [6, 6.07) is 9.55. The minimum absolute atomic E-state index is 0.0579. The van der Waals surface area contributed by atoms with Crippen LogP contribution in [0.1, 0.15) is 19.5 Å². The van der Waals surface area contributed by atoms with Crippen LogP contribution in [0.2, 0.25) is 0 Å². The summed E-state index contributed by atoms with van der Waals surface area (Å²) in [5.41, 5.74) is 1.79. The molecule has 1 saturated heterocycles. The third-order valence-electron chi connectivity index (χ3n) is 4.49. The van der Waals surface area contributed by atoms with E-state index in [2.05, 4.69) is 4.98 Å². The number of nitrogens with one attached hydrogen (secondary N) is 1. The van der Waals surface area contributed by atoms with Gasteiger partial charge in [-0.3, -0.25) is 14.6 Å². The lowest BCUT2D eigenvalue weighted by Gasteiger charge is -2.31. The van der Waals surface area contributed by atoms with Crippen molar-refractivity contribution in [1.29, 1.82) is 0 Å². The maximum Gasteiger partial charge on any atom is 0.410 e. The van der Waals surface area contributed by atoms with E-state index in [1.807, 2.05) is 42.6 Å². The van der Waals surface area contributed by atoms with E-state index in [1.54, 1.807) is 16.7 Å². The summed E-state index contributed by atoms with van der Waals surface area (Å²) in [6.45, 7) is 7.66. The summed E-state index contributed by atoms with van der Waals surface area (Å²) in [6.07, 6.45) is -0.229. The first-order valence-electron chi connectivity index (χ1n) is 9.14. The van der Waals surface area contributed by atoms with Gasteiger partial charge in [0, 0.05) is 12.3 Å². The van der Waals surface area contributed by atoms with E-state index >= 15 is 0 Å². The number of ether oxygens (including phenoxy) is 1. The predicted octanol–water partition coefficient (Wildman–Crippen LogP) is 1.68. The minimum atomic E-state index is -0.229. The van der Waals surface area contributed by atoms with E-state index < -0.39 is 0 Å². The highest BCUT2D eigenvalue weighted by molar-refractivity contribution is 7.14. The number of amides is 2. The molecule has 0 saturated carbocycles. The number of anilines is 2. The number of hydrogen-bond acceptors (Lipinski definition) is 5. The maximum atomic E-state index is 12.1. The molecule has 7 nitrogen and oxygen atoms in total. The Morgan fingerprint density at radius 1 is 1.26 bits per heavy atom. The third kappa shape index (κ3) is 4.84. The van der Waals surface area contributed by atoms with Gasteiger partial charge in [-0.15, -0.1) is 11.3 Å². The minimum Gasteiger partial charge on any atom is -0.450 e. The molecule has 2 amide bonds. The highest BCUT2D eigenvalue weighted by Crippen LogP contribution is 2.28. The molecule has 1 aliphatic heterocycles. The topological polar surface area (TPSA) is 67.2 Å². The van der Waals surface area contributed by atoms with Crippen LogP contribution in [0.15, 0.2) is 35.7 Å². The average molecular weight is 390 g/mol. The van der Waals surface area contributed by atoms with Gasteiger partial charge in [0.2, 0.25) is 5.91 Å². The highest BCUT2D eigenvalue weighted by atomic mass is 32.1. The first-order valence-corrected chi connectivity index (χ1v) is 10.0. The number of carbonyl (C=O) groups is 2. The number of rotatable bonds is 5. The Morgan fingerprint density at radius 3 is 2.59 bits per heavy atom. The van der Waals surface area contributed by atoms with Crippen LogP contribution >= 0.6 is 11.3 Å². The Bertz CT molecular complexity index is 772. The largest absolute Gasteiger partial charge is 0.450 e. The number of para-hydroxylation sites is 1. The maximum absolute atomic E-state index is 12.1. The first kappa shape index (κ1) is 19.3. The molecule has 27 heavy (non-hydrogen) atoms. The van der Waals surface area contributed by atoms with Gasteiger partial charge in [-0.1, -0.05) is 18.2 Å². The molecule has 1 fully saturated rings. The average Bonchev–Trinajstić information content (AvgIpc) is 3.11. The van der Waals surface area contributed by atoms with Gasteiger partial charge in [0.05, 0.1) is 38.5 Å². The van der Waals surface area contributed by atoms with Crippen LogP contribution in [0.5, 0.6) is 0 Å². The molecule has 1 aromatic carbocycles. The van der Waals surface area contributed by atoms with Crippen LogP contribution in [0.3, 0.4) is 0 Å². The first-order chi connectivity index (χ1) is 13.1. The number of piperazine rings is 1. The quantitative estimate of drug-likeness (QED) is 0.845. The second-order valence-electron chi connectivity index (χ2n) is 6.42. The van der Waals surface area contributed by atoms with Crippen molar-refractivity contribution in [3.05, 3.63) is 41.4 Å². The predicted molar refractivity (Wildman–Crippen MR) is 104 cm³/mol. The van der Waals surface area contributed by atoms with Crippen molar-refractivity contribution in [2.45, 2.75) is 20.4 Å². The zero-order chi connectivity index (χ0) is 19.2. The smallest absolute Gasteiger partial charge is 0.410 e. The van der Waals surface area contributed by atoms with Gasteiger partial charge >= 0.3 is 6.09 Å². The van der Waals surface area contributed by atoms with Crippen molar-refractivity contribution in [3.63, 3.8) is 0 Å². The number of benzene rings is 1. The van der Waals surface area contributed by atoms with Crippen LogP contribution in [0, 0.1) is 0 Å². The molecule has 0 unspecified atom stereocenters. The molecule has 0 radical (unpaired) electrons. The Kier molecular flexibility index (Phi) is 6.41. The number of carbonyl (C=O) groups excluding carboxylic acids is 2. The lowest BCUT2D eigenvalue weighted by molar-refractivity contribution is -0.917. The van der Waals surface area contributed by atoms with Crippen LogP contribution in [-0.2, 0) is 16.1 Å². The van der Waals surface area contributed by atoms with Gasteiger partial charge in [0.15, 0.2) is 5.13 Å². The van der Waals surface area contributed by atoms with Gasteiger partial charge in [-0.2, -0.15) is 0 Å². The van der Waals surface area contributed by atoms with Crippen molar-refractivity contribution in [2.75, 3.05) is 37.7 Å². The van der Waals surface area contributed by atoms with E-state index in [9.17, 15) is 9.59 Å². The third-order valence-corrected chi connectivity index (χ3v) is 5.36. The second kappa shape index (κ2) is 8.96. The highest BCUT2D eigenvalue weighted by Gasteiger charge is 2.25. The van der Waals surface area contributed by atoms with Crippen LogP contribution in [0.4, 0.5) is 15.6 Å². The Morgan fingerprint density at radius 2 is 1.96 bits per heavy atom. The lowest BCUT2D eigenvalue weighted by atomic mass is 10.3. The van der Waals surface area contributed by atoms with Crippen molar-refractivity contribution < 1.29 is 19.2 Å². The fraction of sp³-hybridized carbons (Fsp3) is 0.421. The number of thiazole rings is 1. The molecule has 0 bridgehead atoms. The fourth-order valence-electron chi connectivity index (χ4n) is 3.14. The molecule has 1 aromatic heterocycles. The van der Waals surface area contributed by atoms with E-state index in [0.29, 0.717) is 24.8 Å². The monoisotopic (exact) mass is 389 g/mol. The van der Waals surface area contributed by atoms with Crippen molar-refractivity contribution in [1.82, 2.24) is 9.88 Å². The van der Waals surface area contributed by atoms with Crippen LogP contribution < -0.4 is 9.80 Å². The zero-order valence-corrected chi connectivity index (χ0v) is 16.5. The van der Waals surface area contributed by atoms with E-state index in [-0.39, 0.29) is 12.0 Å². The molecular weight excluding hydrogens is 364 g/mol. The number of hydrogen-bond donors (Lipinski definition) is 1. The van der Waals surface area contributed by atoms with E-state index in [4.69, 9.17) is 4.74 Å². The van der Waals surface area contributed by atoms with Gasteiger partial charge in [-0.05, 0) is 19.1 Å². The Balaban J connectivity index is 1.61. The van der Waals surface area contributed by atoms with Crippen molar-refractivity contribution in [2.24, 2.45) is 0 Å². The van der Waals surface area contributed by atoms with E-state index in [1.165, 1.54) is 16.2 Å². The summed E-state index contributed by atoms with van der Waals surface area (Å²) < 4.78 is 5.06. The summed E-state index contributed by atoms with van der Waals surface area (Å²) in [5.74, 6) is -0.0579. The lowest BCUT2D eigenvalue weighted by Crippen LogP contribution is -3.13. The summed E-state index contributed by atoms with van der Waals surface area (Å²) >= 11 is 1.48. The van der Waals surface area contributed by atoms with Gasteiger partial charge in [0.25, 0.3) is 0 Å². The zero-order valence-electron chi connectivity index (χ0n) is 15.7. The molecule has 8 heteroatoms. The van der Waals surface area contributed by atoms with Crippen LogP contribution in [0.25, 0.3) is 0 Å². The molecule has 0 atom stereocenters. The summed E-state index contributed by atoms with van der Waals surface area (Å²) in [5, 5.41) is 2.70. The molecule has 1 aliphatic rings. The SMILES string of the molecule is CCOC(=O)N1CC[NH+](Cc2csc(N(C(C)=O)c3ccccc3)n2)CC1. The standard InChI is InChI=1S/C19H24N4O3S/c1-3-26-19(25)22-11-9-21(10-12-22)13-16-14-27-18(20-16)23(15(2)24)17-7-5-4-6-8-17/h4-8,14H,3,9-13H2,1-2H3/p+1. The van der Waals surface area contributed by atoms with Crippen LogP contribution in [-0.4, -0.2) is 54.7 Å². The number of nitrogens with zero attached hydrogens (tertiary/aromatic N) is 3. The van der Waals surface area contributed by atoms with Crippen molar-refractivity contribution >= 4 is 34.2 Å². The number of quaternary nitrogens is 1. The Labute approximate surface area is 163 Å². The second-order valence-corrected chi connectivity index (χ2v) is 7.26. The molecule has 2 aromatic rings. The van der Waals surface area contributed by atoms with Gasteiger partial charge in [0.1, 0.15) is 12.2 Å². The summed E-state index contributed by atoms with van der Waals surface area (Å²) in [4.78, 5) is 33.4. The van der Waals surface area contributed by atoms with Gasteiger partial charge < -0.3 is 9.64 Å². The molecule has 1 N–H and O–H groups in total. The molecule has 144 valence electrons. The molecule has 0 spiro atoms.